The van der Waals surface area contributed by atoms with Crippen LogP contribution in [0.2, 0.25) is 0 Å². The van der Waals surface area contributed by atoms with Crippen LogP contribution in [0.25, 0.3) is 78.4 Å². The number of unbranched alkanes of at least 4 members (excludes halogenated alkanes) is 23. The zero-order valence-corrected chi connectivity index (χ0v) is 87.8. The van der Waals surface area contributed by atoms with Crippen LogP contribution in [0, 0.1) is 13.8 Å². The fraction of sp³-hybridized carbons (Fsp3) is 0.380. The van der Waals surface area contributed by atoms with Gasteiger partial charge in [0.2, 0.25) is 0 Å². The van der Waals surface area contributed by atoms with E-state index in [-0.39, 0.29) is 0 Å². The summed E-state index contributed by atoms with van der Waals surface area (Å²) in [5, 5.41) is 0. The van der Waals surface area contributed by atoms with Crippen molar-refractivity contribution in [2.24, 2.45) is 0 Å². The van der Waals surface area contributed by atoms with E-state index in [1.807, 2.05) is 24.8 Å². The molecule has 0 amide bonds. The third-order valence-electron chi connectivity index (χ3n) is 29.5. The molecule has 0 saturated heterocycles. The van der Waals surface area contributed by atoms with Crippen molar-refractivity contribution < 1.29 is 28.4 Å². The lowest BCUT2D eigenvalue weighted by Crippen LogP contribution is -2.29. The minimum atomic E-state index is -0.918. The molecule has 141 heavy (non-hydrogen) atoms. The molecule has 5 unspecified atom stereocenters. The third kappa shape index (κ3) is 22.6. The van der Waals surface area contributed by atoms with E-state index in [2.05, 4.69) is 329 Å². The van der Waals surface area contributed by atoms with E-state index in [0.717, 1.165) is 234 Å². The molecule has 3 aliphatic carbocycles. The molecule has 0 saturated carbocycles. The van der Waals surface area contributed by atoms with Crippen LogP contribution in [-0.2, 0) is 22.7 Å². The molecule has 12 aromatic carbocycles. The molecular weight excluding hydrogens is 1760 g/mol. The van der Waals surface area contributed by atoms with E-state index in [9.17, 15) is 0 Å². The van der Waals surface area contributed by atoms with Gasteiger partial charge in [-0.1, -0.05) is 395 Å². The number of ether oxygens (including phenoxy) is 6. The van der Waals surface area contributed by atoms with Crippen LogP contribution in [0.1, 0.15) is 325 Å². The van der Waals surface area contributed by atoms with E-state index in [4.69, 9.17) is 48.4 Å². The van der Waals surface area contributed by atoms with Gasteiger partial charge in [0, 0.05) is 47.0 Å². The van der Waals surface area contributed by atoms with E-state index in [1.54, 1.807) is 0 Å². The molecular formula is C129H150N4O6P2. The molecule has 2 heterocycles. The van der Waals surface area contributed by atoms with Gasteiger partial charge in [0.25, 0.3) is 0 Å². The third-order valence-corrected chi connectivity index (χ3v) is 29.5. The van der Waals surface area contributed by atoms with Gasteiger partial charge >= 0.3 is 0 Å². The van der Waals surface area contributed by atoms with Crippen LogP contribution in [-0.4, -0.2) is 59.6 Å². The SMILES string of the molecule is CCCCCCCCCCOc1ccc(C2(c3ccc(CCCC)cc3)c3cc(C)ccc3-c3ccc(-c4cnc(-c5ccc6c(c5)C(c5ccccc5)(c5ccc(OCCCCC)c(OCCCCC)c5)c5cc(-c7ncc(-c8ccc9c(c8)C(c8ccccc8)(c8ccc(OCCCCC)c(OCCCCC)c8)c8cc(C)ccc8-9)cn7)ccc5-6)nc4)cc32)cc1OCCCCCCCCCC.PP. The summed E-state index contributed by atoms with van der Waals surface area (Å²) < 4.78 is 41.1. The van der Waals surface area contributed by atoms with Crippen LogP contribution in [0.4, 0.5) is 0 Å². The quantitative estimate of drug-likeness (QED) is 0.0270. The summed E-state index contributed by atoms with van der Waals surface area (Å²) in [7, 11) is 4.67. The molecule has 0 fully saturated rings. The number of fused-ring (bicyclic) bond motifs is 9. The second kappa shape index (κ2) is 50.4. The van der Waals surface area contributed by atoms with Crippen LogP contribution in [0.5, 0.6) is 34.5 Å². The molecule has 10 nitrogen and oxygen atoms in total. The molecule has 2 aromatic heterocycles. The Morgan fingerprint density at radius 1 is 0.213 bits per heavy atom. The summed E-state index contributed by atoms with van der Waals surface area (Å²) in [4.78, 5) is 21.7. The van der Waals surface area contributed by atoms with E-state index in [1.165, 1.54) is 149 Å². The maximum atomic E-state index is 7.08. The topological polar surface area (TPSA) is 107 Å². The van der Waals surface area contributed by atoms with Crippen LogP contribution >= 0.6 is 17.9 Å². The number of rotatable bonds is 53. The number of aromatic nitrogens is 4. The molecule has 14 aromatic rings. The van der Waals surface area contributed by atoms with Crippen molar-refractivity contribution in [1.82, 2.24) is 19.9 Å². The monoisotopic (exact) mass is 1910 g/mol. The lowest BCUT2D eigenvalue weighted by atomic mass is 9.67. The average Bonchev–Trinajstić information content (AvgIpc) is 1.55. The fourth-order valence-corrected chi connectivity index (χ4v) is 22.0. The van der Waals surface area contributed by atoms with E-state index in [0.29, 0.717) is 51.3 Å². The first kappa shape index (κ1) is 102. The lowest BCUT2D eigenvalue weighted by molar-refractivity contribution is 0.258. The van der Waals surface area contributed by atoms with Crippen LogP contribution < -0.4 is 28.4 Å². The van der Waals surface area contributed by atoms with Crippen molar-refractivity contribution in [3.63, 3.8) is 0 Å². The number of nitrogens with zero attached hydrogens (tertiary/aromatic N) is 4. The Balaban J connectivity index is 0.00000711. The van der Waals surface area contributed by atoms with Gasteiger partial charge in [-0.15, -0.1) is 17.9 Å². The summed E-state index contributed by atoms with van der Waals surface area (Å²) in [6, 6.07) is 93.8. The average molecular weight is 1910 g/mol. The Morgan fingerprint density at radius 2 is 0.461 bits per heavy atom. The second-order valence-corrected chi connectivity index (χ2v) is 39.4. The van der Waals surface area contributed by atoms with Gasteiger partial charge in [-0.05, 0) is 243 Å². The van der Waals surface area contributed by atoms with Gasteiger partial charge < -0.3 is 28.4 Å². The zero-order valence-electron chi connectivity index (χ0n) is 85.5. The van der Waals surface area contributed by atoms with Crippen molar-refractivity contribution in [1.29, 1.82) is 0 Å². The van der Waals surface area contributed by atoms with Crippen molar-refractivity contribution in [3.8, 4) is 113 Å². The Kier molecular flexibility index (Phi) is 36.6. The first-order chi connectivity index (χ1) is 69.5. The summed E-state index contributed by atoms with van der Waals surface area (Å²) in [6.07, 6.45) is 43.8. The van der Waals surface area contributed by atoms with Gasteiger partial charge in [0.1, 0.15) is 0 Å². The number of aryl methyl sites for hydroxylation is 3. The van der Waals surface area contributed by atoms with Crippen molar-refractivity contribution >= 4 is 17.9 Å². The zero-order chi connectivity index (χ0) is 97.8. The highest BCUT2D eigenvalue weighted by molar-refractivity contribution is 7.92. The molecule has 0 N–H and O–H groups in total. The predicted molar refractivity (Wildman–Crippen MR) is 595 cm³/mol. The molecule has 732 valence electrons. The second-order valence-electron chi connectivity index (χ2n) is 39.4. The summed E-state index contributed by atoms with van der Waals surface area (Å²) in [5.74, 6) is 5.95. The molecule has 0 radical (unpaired) electrons. The molecule has 0 spiro atoms. The highest BCUT2D eigenvalue weighted by Gasteiger charge is 2.51. The fourth-order valence-electron chi connectivity index (χ4n) is 22.0. The van der Waals surface area contributed by atoms with Crippen molar-refractivity contribution in [2.75, 3.05) is 39.6 Å². The predicted octanol–water partition coefficient (Wildman–Crippen LogP) is 34.9. The molecule has 0 bridgehead atoms. The minimum Gasteiger partial charge on any atom is -0.490 e. The summed E-state index contributed by atoms with van der Waals surface area (Å²) in [6.45, 7) is 24.0. The van der Waals surface area contributed by atoms with Gasteiger partial charge in [0.05, 0.1) is 55.9 Å². The molecule has 3 aliphatic rings. The maximum absolute atomic E-state index is 7.08. The number of benzene rings is 12. The van der Waals surface area contributed by atoms with Gasteiger partial charge in [-0.2, -0.15) is 0 Å². The highest BCUT2D eigenvalue weighted by Crippen LogP contribution is 2.62. The Hall–Kier alpha value is -11.5. The lowest BCUT2D eigenvalue weighted by Gasteiger charge is -2.35. The number of hydrogen-bond donors (Lipinski definition) is 0. The summed E-state index contributed by atoms with van der Waals surface area (Å²) in [5.41, 5.74) is 28.2. The van der Waals surface area contributed by atoms with E-state index >= 15 is 0 Å². The number of hydrogen-bond acceptors (Lipinski definition) is 10. The molecule has 12 heteroatoms. The first-order valence-electron chi connectivity index (χ1n) is 53.7. The van der Waals surface area contributed by atoms with Crippen molar-refractivity contribution in [3.05, 3.63) is 357 Å². The Labute approximate surface area is 847 Å². The van der Waals surface area contributed by atoms with Crippen LogP contribution in [0.15, 0.2) is 274 Å². The normalized spacial score (nSPS) is 15.1. The Bertz CT molecular complexity index is 6400. The Morgan fingerprint density at radius 3 is 0.780 bits per heavy atom. The maximum Gasteiger partial charge on any atom is 0.161 e. The first-order valence-corrected chi connectivity index (χ1v) is 56.4. The largest absolute Gasteiger partial charge is 0.490 e. The standard InChI is InChI=1S/C129H146N4O6.H4P2/c1-10-17-24-26-28-30-32-44-77-136-121-72-63-106(87-124(121)139-78-45-33-31-29-27-25-18-11-2)129(103-59-53-94(54-60-103)46-23-16-7)114-80-93(9)52-65-108(114)110-67-56-96(82-116(110)129)100-90-132-126(133-91-100)98-58-69-112-111-68-57-97(83-117(111)128(118(112)84-98,102-49-38-35-39-50-102)105-62-71-120(135-74-41-20-13-4)123(86-105)138-76-43-22-15-6)125-130-88-99(89-131-125)95-55-66-109-107-64-51-92(8)79-113(107)127(115(109)81-95,101-47-36-34-37-48-101)104-61-70-119(134-73-40-19-12-3)122(85-104)137-75-42-21-14-5;1-2/h34-39,47-72,79-91H,10-33,40-46,73-78H2,1-9H3;1-2H2. The van der Waals surface area contributed by atoms with Gasteiger partial charge in [-0.25, -0.2) is 19.9 Å². The smallest absolute Gasteiger partial charge is 0.161 e. The highest BCUT2D eigenvalue weighted by atomic mass is 32.0. The molecule has 17 rings (SSSR count). The summed E-state index contributed by atoms with van der Waals surface area (Å²) >= 11 is 0. The van der Waals surface area contributed by atoms with Crippen LogP contribution in [0.3, 0.4) is 0 Å². The molecule has 5 atom stereocenters. The van der Waals surface area contributed by atoms with Gasteiger partial charge in [0.15, 0.2) is 46.1 Å². The minimum absolute atomic E-state index is 0.569. The van der Waals surface area contributed by atoms with Crippen molar-refractivity contribution in [2.45, 2.75) is 278 Å². The van der Waals surface area contributed by atoms with E-state index < -0.39 is 16.2 Å². The van der Waals surface area contributed by atoms with Gasteiger partial charge in [-0.3, -0.25) is 0 Å². The molecule has 0 aliphatic heterocycles.